The molecule has 7 nitrogen and oxygen atoms in total. The van der Waals surface area contributed by atoms with Crippen LogP contribution in [0.3, 0.4) is 0 Å². The zero-order valence-corrected chi connectivity index (χ0v) is 19.9. The molecule has 8 heteroatoms. The first-order valence-electron chi connectivity index (χ1n) is 12.1. The molecule has 5 rings (SSSR count). The van der Waals surface area contributed by atoms with Crippen LogP contribution >= 0.6 is 11.6 Å². The van der Waals surface area contributed by atoms with Crippen LogP contribution in [0.15, 0.2) is 42.5 Å². The number of carbonyl (C=O) groups excluding carboxylic acids is 2. The van der Waals surface area contributed by atoms with Crippen molar-refractivity contribution in [1.29, 1.82) is 0 Å². The molecule has 34 heavy (non-hydrogen) atoms. The SMILES string of the molecule is O=C1NC(N2CCN(C(=O)c3cc(Cl)cc(-c4ccc(CO)cc4)c3)CC2)NC2CCCCC12. The number of amides is 2. The van der Waals surface area contributed by atoms with Gasteiger partial charge in [-0.15, -0.1) is 0 Å². The third-order valence-corrected chi connectivity index (χ3v) is 7.55. The molecule has 3 atom stereocenters. The number of piperazine rings is 1. The molecule has 2 amide bonds. The molecule has 3 fully saturated rings. The van der Waals surface area contributed by atoms with Gasteiger partial charge in [0, 0.05) is 42.8 Å². The maximum absolute atomic E-state index is 13.3. The molecule has 1 saturated carbocycles. The number of aliphatic hydroxyl groups is 1. The molecule has 3 aliphatic rings. The normalized spacial score (nSPS) is 25.5. The van der Waals surface area contributed by atoms with Crippen molar-refractivity contribution in [3.63, 3.8) is 0 Å². The van der Waals surface area contributed by atoms with E-state index in [9.17, 15) is 14.7 Å². The van der Waals surface area contributed by atoms with Gasteiger partial charge < -0.3 is 15.3 Å². The van der Waals surface area contributed by atoms with E-state index in [1.54, 1.807) is 6.07 Å². The summed E-state index contributed by atoms with van der Waals surface area (Å²) in [4.78, 5) is 30.0. The van der Waals surface area contributed by atoms with E-state index in [0.717, 1.165) is 36.0 Å². The third-order valence-electron chi connectivity index (χ3n) is 7.33. The molecular weight excluding hydrogens is 452 g/mol. The van der Waals surface area contributed by atoms with Crippen LogP contribution in [0.25, 0.3) is 11.1 Å². The molecule has 2 aliphatic heterocycles. The van der Waals surface area contributed by atoms with Gasteiger partial charge in [0.15, 0.2) is 0 Å². The molecule has 0 radical (unpaired) electrons. The lowest BCUT2D eigenvalue weighted by atomic mass is 9.82. The summed E-state index contributed by atoms with van der Waals surface area (Å²) in [6.07, 6.45) is 4.15. The van der Waals surface area contributed by atoms with Gasteiger partial charge in [0.1, 0.15) is 6.29 Å². The Kier molecular flexibility index (Phi) is 6.88. The Morgan fingerprint density at radius 1 is 1.00 bits per heavy atom. The average Bonchev–Trinajstić information content (AvgIpc) is 2.88. The molecule has 2 aromatic rings. The van der Waals surface area contributed by atoms with Gasteiger partial charge in [0.2, 0.25) is 5.91 Å². The highest BCUT2D eigenvalue weighted by Gasteiger charge is 2.40. The van der Waals surface area contributed by atoms with E-state index in [1.165, 1.54) is 6.42 Å². The summed E-state index contributed by atoms with van der Waals surface area (Å²) in [7, 11) is 0. The highest BCUT2D eigenvalue weighted by Crippen LogP contribution is 2.29. The summed E-state index contributed by atoms with van der Waals surface area (Å²) < 4.78 is 0. The molecule has 0 aromatic heterocycles. The number of hydrogen-bond acceptors (Lipinski definition) is 5. The monoisotopic (exact) mass is 482 g/mol. The summed E-state index contributed by atoms with van der Waals surface area (Å²) in [5.41, 5.74) is 3.22. The van der Waals surface area contributed by atoms with Crippen molar-refractivity contribution in [3.8, 4) is 11.1 Å². The first-order valence-corrected chi connectivity index (χ1v) is 12.5. The number of carbonyl (C=O) groups is 2. The van der Waals surface area contributed by atoms with Crippen molar-refractivity contribution >= 4 is 23.4 Å². The summed E-state index contributed by atoms with van der Waals surface area (Å²) in [6.45, 7) is 2.56. The highest BCUT2D eigenvalue weighted by molar-refractivity contribution is 6.31. The van der Waals surface area contributed by atoms with E-state index in [-0.39, 0.29) is 36.7 Å². The average molecular weight is 483 g/mol. The number of rotatable bonds is 4. The van der Waals surface area contributed by atoms with Crippen LogP contribution in [0.5, 0.6) is 0 Å². The Bertz CT molecular complexity index is 1050. The molecule has 3 N–H and O–H groups in total. The molecule has 180 valence electrons. The van der Waals surface area contributed by atoms with Gasteiger partial charge in [-0.2, -0.15) is 0 Å². The number of hydrogen-bond donors (Lipinski definition) is 3. The van der Waals surface area contributed by atoms with Gasteiger partial charge in [0.05, 0.1) is 12.5 Å². The van der Waals surface area contributed by atoms with Gasteiger partial charge in [-0.25, -0.2) is 0 Å². The largest absolute Gasteiger partial charge is 0.392 e. The van der Waals surface area contributed by atoms with Crippen molar-refractivity contribution in [2.75, 3.05) is 26.2 Å². The summed E-state index contributed by atoms with van der Waals surface area (Å²) in [5.74, 6) is 0.207. The van der Waals surface area contributed by atoms with Crippen molar-refractivity contribution < 1.29 is 14.7 Å². The van der Waals surface area contributed by atoms with Crippen LogP contribution < -0.4 is 10.6 Å². The van der Waals surface area contributed by atoms with Crippen molar-refractivity contribution in [2.45, 2.75) is 44.6 Å². The van der Waals surface area contributed by atoms with Gasteiger partial charge >= 0.3 is 0 Å². The predicted molar refractivity (Wildman–Crippen MR) is 131 cm³/mol. The maximum Gasteiger partial charge on any atom is 0.254 e. The lowest BCUT2D eigenvalue weighted by Crippen LogP contribution is -2.69. The molecule has 0 bridgehead atoms. The Morgan fingerprint density at radius 3 is 2.47 bits per heavy atom. The Morgan fingerprint density at radius 2 is 1.74 bits per heavy atom. The first-order chi connectivity index (χ1) is 16.5. The summed E-state index contributed by atoms with van der Waals surface area (Å²) >= 11 is 6.37. The number of halogens is 1. The van der Waals surface area contributed by atoms with Crippen LogP contribution in [-0.2, 0) is 11.4 Å². The number of fused-ring (bicyclic) bond motifs is 1. The summed E-state index contributed by atoms with van der Waals surface area (Å²) in [5, 5.41) is 16.6. The van der Waals surface area contributed by atoms with E-state index >= 15 is 0 Å². The fraction of sp³-hybridized carbons (Fsp3) is 0.462. The zero-order valence-electron chi connectivity index (χ0n) is 19.2. The third kappa shape index (κ3) is 4.84. The van der Waals surface area contributed by atoms with Crippen molar-refractivity contribution in [2.24, 2.45) is 5.92 Å². The second kappa shape index (κ2) is 10.0. The minimum absolute atomic E-state index is 0.00711. The van der Waals surface area contributed by atoms with Crippen LogP contribution in [0.2, 0.25) is 5.02 Å². The van der Waals surface area contributed by atoms with Crippen molar-refractivity contribution in [3.05, 3.63) is 58.6 Å². The molecule has 2 saturated heterocycles. The fourth-order valence-electron chi connectivity index (χ4n) is 5.38. The smallest absolute Gasteiger partial charge is 0.254 e. The van der Waals surface area contributed by atoms with Gasteiger partial charge in [-0.1, -0.05) is 48.7 Å². The van der Waals surface area contributed by atoms with E-state index < -0.39 is 0 Å². The topological polar surface area (TPSA) is 84.9 Å². The number of aliphatic hydroxyl groups excluding tert-OH is 1. The van der Waals surface area contributed by atoms with Crippen LogP contribution in [0.4, 0.5) is 0 Å². The molecule has 0 spiro atoms. The molecule has 3 unspecified atom stereocenters. The second-order valence-corrected chi connectivity index (χ2v) is 9.92. The molecule has 2 heterocycles. The molecule has 1 aliphatic carbocycles. The Hall–Kier alpha value is -2.45. The van der Waals surface area contributed by atoms with Crippen LogP contribution in [0.1, 0.15) is 41.6 Å². The first kappa shape index (κ1) is 23.3. The molecular formula is C26H31ClN4O3. The minimum Gasteiger partial charge on any atom is -0.392 e. The van der Waals surface area contributed by atoms with Crippen LogP contribution in [0, 0.1) is 5.92 Å². The predicted octanol–water partition coefficient (Wildman–Crippen LogP) is 2.82. The molecule has 2 aromatic carbocycles. The standard InChI is InChI=1S/C26H31ClN4O3/c27-21-14-19(18-7-5-17(16-32)6-8-18)13-20(15-21)25(34)30-9-11-31(12-10-30)26-28-23-4-2-1-3-22(23)24(33)29-26/h5-8,13-15,22-23,26,28,32H,1-4,9-12,16H2,(H,29,33). The fourth-order valence-corrected chi connectivity index (χ4v) is 5.61. The Labute approximate surface area is 205 Å². The maximum atomic E-state index is 13.3. The summed E-state index contributed by atoms with van der Waals surface area (Å²) in [6, 6.07) is 13.3. The Balaban J connectivity index is 1.23. The number of nitrogens with zero attached hydrogens (tertiary/aromatic N) is 2. The van der Waals surface area contributed by atoms with Gasteiger partial charge in [-0.05, 0) is 47.7 Å². The highest BCUT2D eigenvalue weighted by atomic mass is 35.5. The quantitative estimate of drug-likeness (QED) is 0.624. The van der Waals surface area contributed by atoms with E-state index in [1.807, 2.05) is 41.3 Å². The zero-order chi connectivity index (χ0) is 23.7. The van der Waals surface area contributed by atoms with Gasteiger partial charge in [-0.3, -0.25) is 19.8 Å². The van der Waals surface area contributed by atoms with E-state index in [4.69, 9.17) is 11.6 Å². The number of nitrogens with one attached hydrogen (secondary N) is 2. The number of benzene rings is 2. The van der Waals surface area contributed by atoms with E-state index in [2.05, 4.69) is 15.5 Å². The van der Waals surface area contributed by atoms with Crippen LogP contribution in [-0.4, -0.2) is 65.2 Å². The second-order valence-electron chi connectivity index (χ2n) is 9.49. The lowest BCUT2D eigenvalue weighted by Gasteiger charge is -2.46. The lowest BCUT2D eigenvalue weighted by molar-refractivity contribution is -0.134. The van der Waals surface area contributed by atoms with Gasteiger partial charge in [0.25, 0.3) is 5.91 Å². The minimum atomic E-state index is -0.163. The van der Waals surface area contributed by atoms with E-state index in [0.29, 0.717) is 36.8 Å². The van der Waals surface area contributed by atoms with Crippen molar-refractivity contribution in [1.82, 2.24) is 20.4 Å².